The fourth-order valence-electron chi connectivity index (χ4n) is 4.36. The van der Waals surface area contributed by atoms with Crippen LogP contribution in [0.3, 0.4) is 0 Å². The van der Waals surface area contributed by atoms with Gasteiger partial charge in [0.2, 0.25) is 5.95 Å². The van der Waals surface area contributed by atoms with Gasteiger partial charge in [0, 0.05) is 31.5 Å². The maximum atomic E-state index is 12.6. The van der Waals surface area contributed by atoms with Gasteiger partial charge in [0.05, 0.1) is 27.8 Å². The number of piperidine rings is 1. The molecule has 0 unspecified atom stereocenters. The van der Waals surface area contributed by atoms with E-state index in [1.165, 1.54) is 10.3 Å². The zero-order valence-electron chi connectivity index (χ0n) is 16.6. The highest BCUT2D eigenvalue weighted by atomic mass is 32.1. The van der Waals surface area contributed by atoms with Crippen molar-refractivity contribution < 1.29 is 4.79 Å². The van der Waals surface area contributed by atoms with Crippen molar-refractivity contribution >= 4 is 33.5 Å². The first-order chi connectivity index (χ1) is 14.0. The number of nitrogens with one attached hydrogen (secondary N) is 1. The minimum absolute atomic E-state index is 0.0932. The summed E-state index contributed by atoms with van der Waals surface area (Å²) in [5.41, 5.74) is 5.06. The molecule has 1 spiro atoms. The van der Waals surface area contributed by atoms with Crippen LogP contribution in [0.2, 0.25) is 0 Å². The summed E-state index contributed by atoms with van der Waals surface area (Å²) >= 11 is 1.68. The Hall–Kier alpha value is -2.58. The second-order valence-electron chi connectivity index (χ2n) is 8.15. The van der Waals surface area contributed by atoms with Gasteiger partial charge < -0.3 is 5.32 Å². The van der Waals surface area contributed by atoms with Crippen LogP contribution >= 0.6 is 11.3 Å². The maximum absolute atomic E-state index is 12.6. The van der Waals surface area contributed by atoms with Gasteiger partial charge in [-0.05, 0) is 49.9 Å². The third-order valence-corrected chi connectivity index (χ3v) is 7.04. The summed E-state index contributed by atoms with van der Waals surface area (Å²) in [7, 11) is 0. The molecule has 0 saturated carbocycles. The summed E-state index contributed by atoms with van der Waals surface area (Å²) < 4.78 is 1.23. The number of carbonyl (C=O) groups excluding carboxylic acids is 1. The van der Waals surface area contributed by atoms with Crippen LogP contribution in [0.15, 0.2) is 36.1 Å². The Labute approximate surface area is 173 Å². The summed E-state index contributed by atoms with van der Waals surface area (Å²) in [5.74, 6) is 0.484. The minimum Gasteiger partial charge on any atom is -0.330 e. The lowest BCUT2D eigenvalue weighted by Crippen LogP contribution is -2.52. The van der Waals surface area contributed by atoms with E-state index >= 15 is 0 Å². The molecule has 2 saturated heterocycles. The highest BCUT2D eigenvalue weighted by Crippen LogP contribution is 2.34. The van der Waals surface area contributed by atoms with Crippen molar-refractivity contribution in [3.8, 4) is 0 Å². The number of thiazole rings is 1. The van der Waals surface area contributed by atoms with Crippen molar-refractivity contribution in [3.63, 3.8) is 0 Å². The summed E-state index contributed by atoms with van der Waals surface area (Å²) in [5, 5.41) is 3.22. The molecule has 0 radical (unpaired) electrons. The molecule has 2 aliphatic heterocycles. The molecule has 3 aromatic rings. The Bertz CT molecular complexity index is 1040. The number of rotatable bonds is 3. The van der Waals surface area contributed by atoms with E-state index in [-0.39, 0.29) is 11.6 Å². The maximum Gasteiger partial charge on any atom is 0.324 e. The van der Waals surface area contributed by atoms with E-state index in [1.807, 2.05) is 12.4 Å². The summed E-state index contributed by atoms with van der Waals surface area (Å²) in [6, 6.07) is 6.82. The molecule has 29 heavy (non-hydrogen) atoms. The normalized spacial score (nSPS) is 20.3. The van der Waals surface area contributed by atoms with Gasteiger partial charge >= 0.3 is 6.03 Å². The number of nitrogens with zero attached hydrogens (tertiary/aromatic N) is 5. The number of aromatic nitrogens is 3. The molecule has 8 heteroatoms. The van der Waals surface area contributed by atoms with Crippen LogP contribution in [-0.4, -0.2) is 51.1 Å². The average Bonchev–Trinajstić information content (AvgIpc) is 3.32. The Balaban J connectivity index is 1.27. The van der Waals surface area contributed by atoms with Crippen molar-refractivity contribution in [1.82, 2.24) is 25.2 Å². The van der Waals surface area contributed by atoms with Gasteiger partial charge in [0.25, 0.3) is 0 Å². The Morgan fingerprint density at radius 1 is 1.17 bits per heavy atom. The Morgan fingerprint density at radius 3 is 2.69 bits per heavy atom. The summed E-state index contributed by atoms with van der Waals surface area (Å²) in [6.07, 6.45) is 5.35. The molecule has 2 amide bonds. The lowest BCUT2D eigenvalue weighted by molar-refractivity contribution is 0.121. The average molecular weight is 409 g/mol. The minimum atomic E-state index is -0.194. The van der Waals surface area contributed by atoms with E-state index < -0.39 is 0 Å². The molecular formula is C21H24N6OS. The number of amides is 2. The summed E-state index contributed by atoms with van der Waals surface area (Å²) in [6.45, 7) is 6.71. The number of aryl methyl sites for hydroxylation is 1. The Kier molecular flexibility index (Phi) is 4.48. The largest absolute Gasteiger partial charge is 0.330 e. The number of fused-ring (bicyclic) bond motifs is 1. The number of hydrogen-bond donors (Lipinski definition) is 1. The first kappa shape index (κ1) is 18.4. The third-order valence-electron chi connectivity index (χ3n) is 6.23. The molecule has 150 valence electrons. The first-order valence-electron chi connectivity index (χ1n) is 9.99. The van der Waals surface area contributed by atoms with E-state index in [0.29, 0.717) is 18.5 Å². The molecule has 1 atom stereocenters. The molecule has 4 heterocycles. The van der Waals surface area contributed by atoms with Crippen LogP contribution in [0.5, 0.6) is 0 Å². The van der Waals surface area contributed by atoms with Crippen LogP contribution in [0.1, 0.15) is 36.9 Å². The second-order valence-corrected chi connectivity index (χ2v) is 9.03. The quantitative estimate of drug-likeness (QED) is 0.718. The second kappa shape index (κ2) is 7.03. The standard InChI is InChI=1S/C21H24N6OS/c1-14-10-22-19(23-11-14)27-12-21(25-20(27)28)5-7-26(8-6-21)15(2)16-3-4-18-17(9-16)24-13-29-18/h3-4,9-11,13,15H,5-8,12H2,1-2H3,(H,25,28)/t15-/m1/s1. The highest BCUT2D eigenvalue weighted by molar-refractivity contribution is 7.16. The van der Waals surface area contributed by atoms with Crippen molar-refractivity contribution in [2.75, 3.05) is 24.5 Å². The lowest BCUT2D eigenvalue weighted by atomic mass is 9.87. The van der Waals surface area contributed by atoms with E-state index in [9.17, 15) is 4.79 Å². The SMILES string of the molecule is Cc1cnc(N2CC3(CCN([C@H](C)c4ccc5scnc5c4)CC3)NC2=O)nc1. The topological polar surface area (TPSA) is 74.2 Å². The van der Waals surface area contributed by atoms with Gasteiger partial charge in [-0.15, -0.1) is 11.3 Å². The lowest BCUT2D eigenvalue weighted by Gasteiger charge is -2.41. The molecule has 0 aliphatic carbocycles. The van der Waals surface area contributed by atoms with Crippen LogP contribution < -0.4 is 10.2 Å². The van der Waals surface area contributed by atoms with Crippen molar-refractivity contribution in [1.29, 1.82) is 0 Å². The smallest absolute Gasteiger partial charge is 0.324 e. The van der Waals surface area contributed by atoms with Crippen LogP contribution in [0.4, 0.5) is 10.7 Å². The molecule has 0 bridgehead atoms. The molecule has 2 fully saturated rings. The number of hydrogen-bond acceptors (Lipinski definition) is 6. The van der Waals surface area contributed by atoms with Crippen LogP contribution in [0.25, 0.3) is 10.2 Å². The molecular weight excluding hydrogens is 384 g/mol. The predicted molar refractivity (Wildman–Crippen MR) is 114 cm³/mol. The third kappa shape index (κ3) is 3.36. The number of anilines is 1. The zero-order valence-corrected chi connectivity index (χ0v) is 17.4. The fourth-order valence-corrected chi connectivity index (χ4v) is 5.02. The Morgan fingerprint density at radius 2 is 1.93 bits per heavy atom. The molecule has 7 nitrogen and oxygen atoms in total. The molecule has 1 N–H and O–H groups in total. The highest BCUT2D eigenvalue weighted by Gasteiger charge is 2.46. The first-order valence-corrected chi connectivity index (χ1v) is 10.9. The fraction of sp³-hybridized carbons (Fsp3) is 0.429. The van der Waals surface area contributed by atoms with E-state index in [4.69, 9.17) is 0 Å². The molecule has 5 rings (SSSR count). The van der Waals surface area contributed by atoms with Gasteiger partial charge in [-0.1, -0.05) is 6.07 Å². The van der Waals surface area contributed by atoms with E-state index in [2.05, 4.69) is 50.3 Å². The molecule has 2 aliphatic rings. The van der Waals surface area contributed by atoms with E-state index in [0.717, 1.165) is 37.0 Å². The van der Waals surface area contributed by atoms with Crippen LogP contribution in [0, 0.1) is 6.92 Å². The van der Waals surface area contributed by atoms with Gasteiger partial charge in [0.1, 0.15) is 0 Å². The number of urea groups is 1. The number of likely N-dealkylation sites (tertiary alicyclic amines) is 1. The molecule has 2 aromatic heterocycles. The predicted octanol–water partition coefficient (Wildman–Crippen LogP) is 3.52. The van der Waals surface area contributed by atoms with Crippen molar-refractivity contribution in [2.24, 2.45) is 0 Å². The van der Waals surface area contributed by atoms with Gasteiger partial charge in [-0.2, -0.15) is 0 Å². The van der Waals surface area contributed by atoms with Gasteiger partial charge in [-0.25, -0.2) is 19.7 Å². The number of benzene rings is 1. The van der Waals surface area contributed by atoms with E-state index in [1.54, 1.807) is 28.6 Å². The van der Waals surface area contributed by atoms with Gasteiger partial charge in [-0.3, -0.25) is 9.80 Å². The van der Waals surface area contributed by atoms with Crippen molar-refractivity contribution in [3.05, 3.63) is 47.2 Å². The van der Waals surface area contributed by atoms with Crippen LogP contribution in [-0.2, 0) is 0 Å². The van der Waals surface area contributed by atoms with Gasteiger partial charge in [0.15, 0.2) is 0 Å². The summed E-state index contributed by atoms with van der Waals surface area (Å²) in [4.78, 5) is 29.9. The monoisotopic (exact) mass is 408 g/mol. The molecule has 1 aromatic carbocycles. The number of carbonyl (C=O) groups is 1. The zero-order chi connectivity index (χ0) is 20.0. The van der Waals surface area contributed by atoms with Crippen molar-refractivity contribution in [2.45, 2.75) is 38.3 Å².